The van der Waals surface area contributed by atoms with Crippen molar-refractivity contribution in [3.8, 4) is 28.7 Å². The van der Waals surface area contributed by atoms with Gasteiger partial charge in [-0.25, -0.2) is 8.42 Å². The molecule has 6 rings (SSSR count). The van der Waals surface area contributed by atoms with Crippen molar-refractivity contribution in [2.75, 3.05) is 53.8 Å². The quantitative estimate of drug-likeness (QED) is 0.169. The molecule has 2 aliphatic rings. The highest BCUT2D eigenvalue weighted by Crippen LogP contribution is 2.40. The van der Waals surface area contributed by atoms with Gasteiger partial charge in [0.1, 0.15) is 22.9 Å². The minimum absolute atomic E-state index is 0.176. The molecule has 0 N–H and O–H groups in total. The summed E-state index contributed by atoms with van der Waals surface area (Å²) in [6.45, 7) is 5.61. The van der Waals surface area contributed by atoms with Crippen LogP contribution < -0.4 is 18.9 Å². The molecule has 53 heavy (non-hydrogen) atoms. The van der Waals surface area contributed by atoms with Crippen molar-refractivity contribution in [2.45, 2.75) is 45.7 Å². The van der Waals surface area contributed by atoms with Crippen molar-refractivity contribution in [2.24, 2.45) is 7.05 Å². The number of nitrogens with zero attached hydrogens (tertiary/aromatic N) is 5. The van der Waals surface area contributed by atoms with E-state index in [0.29, 0.717) is 59.0 Å². The molecule has 2 fully saturated rings. The summed E-state index contributed by atoms with van der Waals surface area (Å²) in [5, 5.41) is 4.63. The second kappa shape index (κ2) is 17.2. The van der Waals surface area contributed by atoms with E-state index in [1.807, 2.05) is 44.2 Å². The Morgan fingerprint density at radius 2 is 1.47 bits per heavy atom. The van der Waals surface area contributed by atoms with Gasteiger partial charge in [-0.2, -0.15) is 9.40 Å². The lowest BCUT2D eigenvalue weighted by atomic mass is 10.1. The van der Waals surface area contributed by atoms with Crippen LogP contribution in [0.5, 0.6) is 28.7 Å². The summed E-state index contributed by atoms with van der Waals surface area (Å²) in [5.74, 6) is 2.66. The first-order chi connectivity index (χ1) is 25.5. The second-order valence-electron chi connectivity index (χ2n) is 12.7. The van der Waals surface area contributed by atoms with Crippen molar-refractivity contribution in [1.29, 1.82) is 0 Å². The minimum Gasteiger partial charge on any atom is -0.497 e. The minimum atomic E-state index is -3.29. The van der Waals surface area contributed by atoms with Crippen molar-refractivity contribution >= 4 is 21.8 Å². The molecule has 1 saturated carbocycles. The van der Waals surface area contributed by atoms with E-state index in [1.165, 1.54) is 10.6 Å². The monoisotopic (exact) mass is 747 g/mol. The number of benzene rings is 3. The maximum atomic E-state index is 14.3. The van der Waals surface area contributed by atoms with Crippen LogP contribution in [-0.2, 0) is 30.2 Å². The highest BCUT2D eigenvalue weighted by molar-refractivity contribution is 7.88. The number of methoxy groups -OCH3 is 3. The number of hydrogen-bond donors (Lipinski definition) is 0. The smallest absolute Gasteiger partial charge is 0.272 e. The summed E-state index contributed by atoms with van der Waals surface area (Å²) < 4.78 is 49.9. The molecule has 0 bridgehead atoms. The highest BCUT2D eigenvalue weighted by Gasteiger charge is 2.30. The maximum Gasteiger partial charge on any atom is 0.272 e. The number of ether oxygens (including phenoxy) is 4. The van der Waals surface area contributed by atoms with Crippen LogP contribution in [0, 0.1) is 0 Å². The average Bonchev–Trinajstić information content (AvgIpc) is 3.95. The average molecular weight is 748 g/mol. The van der Waals surface area contributed by atoms with E-state index in [0.717, 1.165) is 29.7 Å². The Hall–Kier alpha value is -5.08. The summed E-state index contributed by atoms with van der Waals surface area (Å²) in [4.78, 5) is 30.8. The molecule has 4 aromatic rings. The lowest BCUT2D eigenvalue weighted by molar-refractivity contribution is 0.0696. The number of aryl methyl sites for hydroxylation is 1. The summed E-state index contributed by atoms with van der Waals surface area (Å²) in [7, 11) is 3.23. The zero-order valence-corrected chi connectivity index (χ0v) is 32.3. The third kappa shape index (κ3) is 9.30. The molecule has 3 aromatic carbocycles. The summed E-state index contributed by atoms with van der Waals surface area (Å²) >= 11 is 0. The molecule has 13 nitrogen and oxygen atoms in total. The fourth-order valence-corrected chi connectivity index (χ4v) is 7.05. The highest BCUT2D eigenvalue weighted by atomic mass is 32.2. The van der Waals surface area contributed by atoms with Gasteiger partial charge in [0.2, 0.25) is 10.0 Å². The van der Waals surface area contributed by atoms with Gasteiger partial charge in [0.05, 0.1) is 46.4 Å². The predicted molar refractivity (Wildman–Crippen MR) is 201 cm³/mol. The first-order valence-electron chi connectivity index (χ1n) is 17.7. The fraction of sp³-hybridized carbons (Fsp3) is 0.410. The topological polar surface area (TPSA) is 133 Å². The van der Waals surface area contributed by atoms with Gasteiger partial charge in [0.15, 0.2) is 11.5 Å². The van der Waals surface area contributed by atoms with E-state index in [4.69, 9.17) is 18.9 Å². The van der Waals surface area contributed by atoms with Crippen molar-refractivity contribution in [3.63, 3.8) is 0 Å². The van der Waals surface area contributed by atoms with E-state index in [9.17, 15) is 18.0 Å². The Bertz CT molecular complexity index is 2000. The van der Waals surface area contributed by atoms with Crippen molar-refractivity contribution < 1.29 is 37.0 Å². The van der Waals surface area contributed by atoms with E-state index >= 15 is 0 Å². The van der Waals surface area contributed by atoms with Crippen LogP contribution in [0.25, 0.3) is 0 Å². The molecule has 1 aromatic heterocycles. The van der Waals surface area contributed by atoms with Gasteiger partial charge < -0.3 is 28.7 Å². The van der Waals surface area contributed by atoms with E-state index in [2.05, 4.69) is 5.10 Å². The molecular formula is C39H49N5O8S. The van der Waals surface area contributed by atoms with Crippen LogP contribution in [-0.4, -0.2) is 97.9 Å². The number of rotatable bonds is 13. The maximum absolute atomic E-state index is 14.3. The number of sulfonamides is 1. The van der Waals surface area contributed by atoms with Crippen LogP contribution in [0.15, 0.2) is 66.7 Å². The van der Waals surface area contributed by atoms with Crippen LogP contribution in [0.4, 0.5) is 0 Å². The van der Waals surface area contributed by atoms with Crippen LogP contribution in [0.1, 0.15) is 70.3 Å². The summed E-state index contributed by atoms with van der Waals surface area (Å²) in [6, 6.07) is 19.7. The van der Waals surface area contributed by atoms with Crippen molar-refractivity contribution in [1.82, 2.24) is 23.9 Å². The standard InChI is InChI=1S/C37H43N5O8S.C2H6/c1-39-32(22-31(38-39)25-9-10-25)37(44)41(23-27-13-16-30(47-2)21-34(27)48-3)24-28-7-6-8-33(35(28)49-4)50-29-14-11-26(12-15-29)36(43)40-17-19-42(20-18-40)51(5,45)46;1-2/h6-8,11-16,21-22,25H,9-10,17-20,23-24H2,1-5H3;1-2H3. The van der Waals surface area contributed by atoms with Crippen LogP contribution in [0.2, 0.25) is 0 Å². The zero-order valence-electron chi connectivity index (χ0n) is 31.5. The Labute approximate surface area is 312 Å². The van der Waals surface area contributed by atoms with E-state index < -0.39 is 10.0 Å². The fourth-order valence-electron chi connectivity index (χ4n) is 6.22. The Morgan fingerprint density at radius 3 is 2.08 bits per heavy atom. The molecule has 0 atom stereocenters. The van der Waals surface area contributed by atoms with Crippen LogP contribution in [0.3, 0.4) is 0 Å². The molecule has 14 heteroatoms. The third-order valence-corrected chi connectivity index (χ3v) is 10.5. The zero-order chi connectivity index (χ0) is 38.3. The molecule has 1 saturated heterocycles. The Morgan fingerprint density at radius 1 is 0.811 bits per heavy atom. The van der Waals surface area contributed by atoms with Gasteiger partial charge in [0, 0.05) is 61.9 Å². The number of hydrogen-bond acceptors (Lipinski definition) is 9. The van der Waals surface area contributed by atoms with Crippen LogP contribution >= 0.6 is 0 Å². The normalized spacial score (nSPS) is 14.5. The largest absolute Gasteiger partial charge is 0.497 e. The van der Waals surface area contributed by atoms with Gasteiger partial charge in [-0.1, -0.05) is 26.0 Å². The molecular weight excluding hydrogens is 699 g/mol. The van der Waals surface area contributed by atoms with Gasteiger partial charge in [-0.05, 0) is 61.4 Å². The lowest BCUT2D eigenvalue weighted by Gasteiger charge is -2.33. The van der Waals surface area contributed by atoms with E-state index in [1.54, 1.807) is 79.3 Å². The predicted octanol–water partition coefficient (Wildman–Crippen LogP) is 5.70. The number of para-hydroxylation sites is 1. The summed E-state index contributed by atoms with van der Waals surface area (Å²) in [5.41, 5.74) is 3.41. The molecule has 0 spiro atoms. The van der Waals surface area contributed by atoms with Crippen molar-refractivity contribution in [3.05, 3.63) is 94.8 Å². The van der Waals surface area contributed by atoms with Gasteiger partial charge in [-0.3, -0.25) is 14.3 Å². The molecule has 284 valence electrons. The lowest BCUT2D eigenvalue weighted by Crippen LogP contribution is -2.50. The first-order valence-corrected chi connectivity index (χ1v) is 19.6. The number of piperazine rings is 1. The number of carbonyl (C=O) groups is 2. The Balaban J connectivity index is 0.00000266. The summed E-state index contributed by atoms with van der Waals surface area (Å²) in [6.07, 6.45) is 3.33. The number of amides is 2. The molecule has 2 amide bonds. The van der Waals surface area contributed by atoms with Gasteiger partial charge >= 0.3 is 0 Å². The van der Waals surface area contributed by atoms with Gasteiger partial charge in [0.25, 0.3) is 11.8 Å². The van der Waals surface area contributed by atoms with Gasteiger partial charge in [-0.15, -0.1) is 0 Å². The molecule has 0 unspecified atom stereocenters. The second-order valence-corrected chi connectivity index (χ2v) is 14.7. The Kier molecular flexibility index (Phi) is 12.7. The number of carbonyl (C=O) groups excluding carboxylic acids is 2. The number of aromatic nitrogens is 2. The van der Waals surface area contributed by atoms with E-state index in [-0.39, 0.29) is 38.0 Å². The molecule has 1 aliphatic carbocycles. The molecule has 2 heterocycles. The first kappa shape index (κ1) is 39.1. The molecule has 0 radical (unpaired) electrons. The molecule has 1 aliphatic heterocycles. The third-order valence-electron chi connectivity index (χ3n) is 9.21. The SMILES string of the molecule is CC.COc1ccc(CN(Cc2cccc(Oc3ccc(C(=O)N4CCN(S(C)(=O)=O)CC4)cc3)c2OC)C(=O)c2cc(C3CC3)nn2C)c(OC)c1.